The van der Waals surface area contributed by atoms with E-state index in [-0.39, 0.29) is 0 Å². The number of rotatable bonds is 2. The van der Waals surface area contributed by atoms with Crippen LogP contribution in [0.5, 0.6) is 5.75 Å². The van der Waals surface area contributed by atoms with E-state index >= 15 is 0 Å². The van der Waals surface area contributed by atoms with Gasteiger partial charge in [-0.3, -0.25) is 0 Å². The van der Waals surface area contributed by atoms with Gasteiger partial charge in [0.2, 0.25) is 0 Å². The molecule has 3 nitrogen and oxygen atoms in total. The van der Waals surface area contributed by atoms with Crippen molar-refractivity contribution in [3.63, 3.8) is 0 Å². The molecule has 1 saturated heterocycles. The fourth-order valence-corrected chi connectivity index (χ4v) is 3.86. The molecular weight excluding hydrogens is 252 g/mol. The minimum atomic E-state index is 0.905. The Morgan fingerprint density at radius 2 is 2.12 bits per heavy atom. The van der Waals surface area contributed by atoms with Gasteiger partial charge < -0.3 is 9.64 Å². The Morgan fingerprint density at radius 1 is 1.29 bits per heavy atom. The minimum absolute atomic E-state index is 0.905. The lowest BCUT2D eigenvalue weighted by Gasteiger charge is -2.25. The highest BCUT2D eigenvalue weighted by Gasteiger charge is 2.15. The van der Waals surface area contributed by atoms with E-state index in [2.05, 4.69) is 11.0 Å². The normalized spacial score (nSPS) is 16.4. The Hall–Kier alpha value is -0.940. The molecule has 0 spiro atoms. The average molecular weight is 266 g/mol. The largest absolute Gasteiger partial charge is 0.497 e. The molecular formula is C12H14N2OS2. The minimum Gasteiger partial charge on any atom is -0.497 e. The molecule has 0 aliphatic carbocycles. The number of fused-ring (bicyclic) bond motifs is 1. The lowest BCUT2D eigenvalue weighted by molar-refractivity contribution is 0.415. The molecule has 2 heterocycles. The first-order chi connectivity index (χ1) is 8.36. The van der Waals surface area contributed by atoms with E-state index in [0.717, 1.165) is 29.5 Å². The topological polar surface area (TPSA) is 25.4 Å². The standard InChI is InChI=1S/C12H14N2OS2/c1-15-9-2-3-10-11(8-9)17-12(13-10)14-4-6-16-7-5-14/h2-3,8H,4-7H2,1H3. The highest BCUT2D eigenvalue weighted by atomic mass is 32.2. The second kappa shape index (κ2) is 4.74. The van der Waals surface area contributed by atoms with Gasteiger partial charge in [0.15, 0.2) is 5.13 Å². The number of hydrogen-bond acceptors (Lipinski definition) is 5. The summed E-state index contributed by atoms with van der Waals surface area (Å²) in [6.45, 7) is 2.23. The quantitative estimate of drug-likeness (QED) is 0.834. The summed E-state index contributed by atoms with van der Waals surface area (Å²) in [4.78, 5) is 7.07. The van der Waals surface area contributed by atoms with E-state index in [1.54, 1.807) is 18.4 Å². The Morgan fingerprint density at radius 3 is 2.88 bits per heavy atom. The molecule has 0 N–H and O–H groups in total. The molecule has 0 saturated carbocycles. The van der Waals surface area contributed by atoms with Crippen LogP contribution in [0.25, 0.3) is 10.2 Å². The lowest BCUT2D eigenvalue weighted by Crippen LogP contribution is -2.32. The molecule has 90 valence electrons. The number of benzene rings is 1. The molecule has 17 heavy (non-hydrogen) atoms. The molecule has 1 aromatic heterocycles. The second-order valence-corrected chi connectivity index (χ2v) is 6.16. The van der Waals surface area contributed by atoms with Crippen molar-refractivity contribution >= 4 is 38.4 Å². The summed E-state index contributed by atoms with van der Waals surface area (Å²) in [7, 11) is 1.70. The van der Waals surface area contributed by atoms with Crippen LogP contribution in [-0.2, 0) is 0 Å². The predicted molar refractivity (Wildman–Crippen MR) is 75.7 cm³/mol. The summed E-state index contributed by atoms with van der Waals surface area (Å²) in [6.07, 6.45) is 0. The van der Waals surface area contributed by atoms with Crippen molar-refractivity contribution in [3.05, 3.63) is 18.2 Å². The molecule has 0 bridgehead atoms. The van der Waals surface area contributed by atoms with Crippen LogP contribution in [0.15, 0.2) is 18.2 Å². The van der Waals surface area contributed by atoms with Gasteiger partial charge in [0.05, 0.1) is 17.3 Å². The van der Waals surface area contributed by atoms with Crippen LogP contribution in [-0.4, -0.2) is 36.7 Å². The molecule has 5 heteroatoms. The summed E-state index contributed by atoms with van der Waals surface area (Å²) in [5.41, 5.74) is 1.07. The van der Waals surface area contributed by atoms with Gasteiger partial charge in [-0.1, -0.05) is 11.3 Å². The van der Waals surface area contributed by atoms with Crippen LogP contribution in [0, 0.1) is 0 Å². The third-order valence-electron chi connectivity index (χ3n) is 2.87. The van der Waals surface area contributed by atoms with Gasteiger partial charge in [-0.25, -0.2) is 4.98 Å². The monoisotopic (exact) mass is 266 g/mol. The average Bonchev–Trinajstić information content (AvgIpc) is 2.82. The second-order valence-electron chi connectivity index (χ2n) is 3.93. The summed E-state index contributed by atoms with van der Waals surface area (Å²) in [5, 5.41) is 1.15. The van der Waals surface area contributed by atoms with Crippen molar-refractivity contribution in [1.82, 2.24) is 4.98 Å². The molecule has 3 rings (SSSR count). The molecule has 0 amide bonds. The Balaban J connectivity index is 1.95. The SMILES string of the molecule is COc1ccc2nc(N3CCSCC3)sc2c1. The summed E-state index contributed by atoms with van der Waals surface area (Å²) >= 11 is 3.78. The van der Waals surface area contributed by atoms with E-state index < -0.39 is 0 Å². The number of hydrogen-bond donors (Lipinski definition) is 0. The smallest absolute Gasteiger partial charge is 0.186 e. The van der Waals surface area contributed by atoms with Crippen LogP contribution >= 0.6 is 23.1 Å². The van der Waals surface area contributed by atoms with Crippen LogP contribution < -0.4 is 9.64 Å². The number of ether oxygens (including phenoxy) is 1. The van der Waals surface area contributed by atoms with E-state index in [0.29, 0.717) is 0 Å². The zero-order valence-corrected chi connectivity index (χ0v) is 11.3. The van der Waals surface area contributed by atoms with Gasteiger partial charge in [0.25, 0.3) is 0 Å². The third kappa shape index (κ3) is 2.21. The number of aromatic nitrogens is 1. The van der Waals surface area contributed by atoms with E-state index in [4.69, 9.17) is 9.72 Å². The molecule has 2 aromatic rings. The van der Waals surface area contributed by atoms with Crippen molar-refractivity contribution in [2.24, 2.45) is 0 Å². The fraction of sp³-hybridized carbons (Fsp3) is 0.417. The van der Waals surface area contributed by atoms with Crippen LogP contribution in [0.4, 0.5) is 5.13 Å². The van der Waals surface area contributed by atoms with Crippen LogP contribution in [0.1, 0.15) is 0 Å². The van der Waals surface area contributed by atoms with Gasteiger partial charge in [-0.05, 0) is 18.2 Å². The van der Waals surface area contributed by atoms with Crippen LogP contribution in [0.2, 0.25) is 0 Å². The summed E-state index contributed by atoms with van der Waals surface area (Å²) < 4.78 is 6.45. The Kier molecular flexibility index (Phi) is 3.11. The van der Waals surface area contributed by atoms with Gasteiger partial charge in [-0.2, -0.15) is 11.8 Å². The third-order valence-corrected chi connectivity index (χ3v) is 4.89. The number of anilines is 1. The first kappa shape index (κ1) is 11.2. The van der Waals surface area contributed by atoms with Crippen molar-refractivity contribution in [2.75, 3.05) is 36.6 Å². The first-order valence-corrected chi connectivity index (χ1v) is 7.61. The summed E-state index contributed by atoms with van der Waals surface area (Å²) in [5.74, 6) is 3.32. The van der Waals surface area contributed by atoms with E-state index in [1.165, 1.54) is 16.2 Å². The molecule has 1 aliphatic heterocycles. The van der Waals surface area contributed by atoms with Crippen molar-refractivity contribution in [2.45, 2.75) is 0 Å². The fourth-order valence-electron chi connectivity index (χ4n) is 1.91. The Labute approximate surface area is 109 Å². The zero-order valence-electron chi connectivity index (χ0n) is 9.68. The Bertz CT molecular complexity index is 520. The number of thioether (sulfide) groups is 1. The zero-order chi connectivity index (χ0) is 11.7. The van der Waals surface area contributed by atoms with Gasteiger partial charge >= 0.3 is 0 Å². The highest BCUT2D eigenvalue weighted by molar-refractivity contribution is 7.99. The number of thiazole rings is 1. The maximum absolute atomic E-state index is 5.24. The van der Waals surface area contributed by atoms with Gasteiger partial charge in [0.1, 0.15) is 5.75 Å². The number of methoxy groups -OCH3 is 1. The van der Waals surface area contributed by atoms with Crippen LogP contribution in [0.3, 0.4) is 0 Å². The van der Waals surface area contributed by atoms with E-state index in [1.807, 2.05) is 23.9 Å². The first-order valence-electron chi connectivity index (χ1n) is 5.64. The molecule has 0 atom stereocenters. The van der Waals surface area contributed by atoms with Gasteiger partial charge in [-0.15, -0.1) is 0 Å². The predicted octanol–water partition coefficient (Wildman–Crippen LogP) is 2.86. The van der Waals surface area contributed by atoms with E-state index in [9.17, 15) is 0 Å². The maximum Gasteiger partial charge on any atom is 0.186 e. The molecule has 1 fully saturated rings. The molecule has 0 unspecified atom stereocenters. The summed E-state index contributed by atoms with van der Waals surface area (Å²) in [6, 6.07) is 6.07. The van der Waals surface area contributed by atoms with Crippen molar-refractivity contribution in [1.29, 1.82) is 0 Å². The van der Waals surface area contributed by atoms with Crippen molar-refractivity contribution in [3.8, 4) is 5.75 Å². The van der Waals surface area contributed by atoms with Gasteiger partial charge in [0, 0.05) is 24.6 Å². The number of nitrogens with zero attached hydrogens (tertiary/aromatic N) is 2. The molecule has 1 aromatic carbocycles. The van der Waals surface area contributed by atoms with Crippen molar-refractivity contribution < 1.29 is 4.74 Å². The lowest BCUT2D eigenvalue weighted by atomic mass is 10.3. The highest BCUT2D eigenvalue weighted by Crippen LogP contribution is 2.32. The molecule has 0 radical (unpaired) electrons. The molecule has 1 aliphatic rings. The maximum atomic E-state index is 5.24.